The lowest BCUT2D eigenvalue weighted by Gasteiger charge is -2.43. The lowest BCUT2D eigenvalue weighted by Crippen LogP contribution is -2.59. The summed E-state index contributed by atoms with van der Waals surface area (Å²) in [6, 6.07) is 7.33. The molecule has 2 fully saturated rings. The van der Waals surface area contributed by atoms with Crippen molar-refractivity contribution >= 4 is 22.7 Å². The largest absolute Gasteiger partial charge is 0.356 e. The summed E-state index contributed by atoms with van der Waals surface area (Å²) in [5.74, 6) is -10.1. The van der Waals surface area contributed by atoms with E-state index in [-0.39, 0.29) is 5.92 Å². The predicted molar refractivity (Wildman–Crippen MR) is 104 cm³/mol. The van der Waals surface area contributed by atoms with Crippen molar-refractivity contribution < 1.29 is 26.9 Å². The third-order valence-electron chi connectivity index (χ3n) is 6.39. The van der Waals surface area contributed by atoms with Crippen molar-refractivity contribution in [1.82, 2.24) is 14.9 Å². The second-order valence-corrected chi connectivity index (χ2v) is 8.37. The van der Waals surface area contributed by atoms with Crippen molar-refractivity contribution in [3.8, 4) is 11.4 Å². The average Bonchev–Trinajstić information content (AvgIpc) is 3.22. The van der Waals surface area contributed by atoms with Gasteiger partial charge in [0.25, 0.3) is 0 Å². The van der Waals surface area contributed by atoms with Gasteiger partial charge in [0.05, 0.1) is 5.39 Å². The molecule has 2 saturated carbocycles. The molecule has 10 heteroatoms. The topological polar surface area (TPSA) is 73.0 Å². The minimum atomic E-state index is -4.17. The third kappa shape index (κ3) is 3.02. The highest BCUT2D eigenvalue weighted by molar-refractivity contribution is 5.95. The summed E-state index contributed by atoms with van der Waals surface area (Å²) in [7, 11) is 1.63. The summed E-state index contributed by atoms with van der Waals surface area (Å²) < 4.78 is 60.3. The maximum atomic E-state index is 13.6. The Bertz CT molecular complexity index is 1170. The molecule has 0 bridgehead atoms. The van der Waals surface area contributed by atoms with Crippen LogP contribution in [0.4, 0.5) is 23.4 Å². The molecule has 0 spiro atoms. The molecule has 2 aromatic heterocycles. The first kappa shape index (κ1) is 20.0. The molecule has 0 saturated heterocycles. The maximum absolute atomic E-state index is 13.6. The Balaban J connectivity index is 1.46. The molecule has 1 N–H and O–H groups in total. The minimum Gasteiger partial charge on any atom is -0.356 e. The number of carbonyl (C=O) groups excluding carboxylic acids is 1. The Labute approximate surface area is 174 Å². The fourth-order valence-corrected chi connectivity index (χ4v) is 4.35. The van der Waals surface area contributed by atoms with Gasteiger partial charge < -0.3 is 9.84 Å². The average molecular weight is 436 g/mol. The van der Waals surface area contributed by atoms with Gasteiger partial charge in [-0.1, -0.05) is 23.7 Å². The van der Waals surface area contributed by atoms with Crippen molar-refractivity contribution in [1.29, 1.82) is 0 Å². The second kappa shape index (κ2) is 6.80. The van der Waals surface area contributed by atoms with E-state index in [1.165, 1.54) is 4.68 Å². The molecular weight excluding hydrogens is 416 g/mol. The van der Waals surface area contributed by atoms with E-state index in [1.807, 2.05) is 18.2 Å². The van der Waals surface area contributed by atoms with Gasteiger partial charge in [0.15, 0.2) is 5.58 Å². The lowest BCUT2D eigenvalue weighted by atomic mass is 9.74. The van der Waals surface area contributed by atoms with Gasteiger partial charge in [-0.2, -0.15) is 22.7 Å². The molecule has 0 radical (unpaired) electrons. The summed E-state index contributed by atoms with van der Waals surface area (Å²) in [6.07, 6.45) is 1.13. The quantitative estimate of drug-likeness (QED) is 0.564. The number of nitrogens with one attached hydrogen (secondary N) is 1. The zero-order valence-corrected chi connectivity index (χ0v) is 16.7. The van der Waals surface area contributed by atoms with Crippen LogP contribution in [0.15, 0.2) is 28.8 Å². The Morgan fingerprint density at radius 3 is 2.61 bits per heavy atom. The van der Waals surface area contributed by atoms with Crippen molar-refractivity contribution in [2.45, 2.75) is 49.9 Å². The molecule has 0 aliphatic heterocycles. The molecule has 2 aliphatic rings. The Hall–Kier alpha value is -2.91. The van der Waals surface area contributed by atoms with Gasteiger partial charge in [-0.15, -0.1) is 0 Å². The van der Waals surface area contributed by atoms with Gasteiger partial charge >= 0.3 is 11.8 Å². The van der Waals surface area contributed by atoms with Gasteiger partial charge in [-0.05, 0) is 30.9 Å². The molecule has 2 aliphatic carbocycles. The van der Waals surface area contributed by atoms with Crippen LogP contribution in [0, 0.1) is 5.92 Å². The van der Waals surface area contributed by atoms with Crippen molar-refractivity contribution in [3.63, 3.8) is 0 Å². The normalized spacial score (nSPS) is 22.2. The molecule has 2 heterocycles. The second-order valence-electron chi connectivity index (χ2n) is 8.37. The first-order chi connectivity index (χ1) is 14.7. The van der Waals surface area contributed by atoms with Crippen LogP contribution in [0.3, 0.4) is 0 Å². The van der Waals surface area contributed by atoms with E-state index in [2.05, 4.69) is 15.6 Å². The van der Waals surface area contributed by atoms with E-state index in [0.717, 1.165) is 30.2 Å². The SMILES string of the molecule is Cn1nc(-c2noc3ccccc23)c(C2CCC2)c1NC(=O)C[C@@H]1CC(F)(F)C1(F)F. The number of aryl methyl sites for hydroxylation is 1. The van der Waals surface area contributed by atoms with Crippen LogP contribution < -0.4 is 5.32 Å². The van der Waals surface area contributed by atoms with Crippen LogP contribution in [0.1, 0.15) is 43.6 Å². The summed E-state index contributed by atoms with van der Waals surface area (Å²) in [4.78, 5) is 12.5. The highest BCUT2D eigenvalue weighted by Gasteiger charge is 2.71. The molecule has 31 heavy (non-hydrogen) atoms. The van der Waals surface area contributed by atoms with E-state index in [0.29, 0.717) is 22.8 Å². The number of rotatable bonds is 5. The number of amides is 1. The van der Waals surface area contributed by atoms with Gasteiger partial charge in [0, 0.05) is 31.4 Å². The summed E-state index contributed by atoms with van der Waals surface area (Å²) in [6.45, 7) is 0. The number of para-hydroxylation sites is 1. The van der Waals surface area contributed by atoms with Crippen LogP contribution in [-0.2, 0) is 11.8 Å². The lowest BCUT2D eigenvalue weighted by molar-refractivity contribution is -0.313. The maximum Gasteiger partial charge on any atom is 0.313 e. The molecule has 164 valence electrons. The van der Waals surface area contributed by atoms with E-state index >= 15 is 0 Å². The first-order valence-electron chi connectivity index (χ1n) is 10.2. The Morgan fingerprint density at radius 2 is 1.97 bits per heavy atom. The fraction of sp³-hybridized carbons (Fsp3) is 0.476. The Morgan fingerprint density at radius 1 is 1.23 bits per heavy atom. The van der Waals surface area contributed by atoms with Crippen molar-refractivity contribution in [2.24, 2.45) is 13.0 Å². The molecule has 1 atom stereocenters. The van der Waals surface area contributed by atoms with Crippen LogP contribution in [-0.4, -0.2) is 32.7 Å². The first-order valence-corrected chi connectivity index (χ1v) is 10.2. The summed E-state index contributed by atoms with van der Waals surface area (Å²) in [5.41, 5.74) is 2.47. The monoisotopic (exact) mass is 436 g/mol. The van der Waals surface area contributed by atoms with Gasteiger partial charge in [-0.3, -0.25) is 9.48 Å². The van der Waals surface area contributed by atoms with Crippen molar-refractivity contribution in [2.75, 3.05) is 5.32 Å². The van der Waals surface area contributed by atoms with Crippen molar-refractivity contribution in [3.05, 3.63) is 29.8 Å². The van der Waals surface area contributed by atoms with E-state index in [4.69, 9.17) is 4.52 Å². The highest BCUT2D eigenvalue weighted by atomic mass is 19.3. The number of carbonyl (C=O) groups is 1. The number of alkyl halides is 4. The number of benzene rings is 1. The molecule has 3 aromatic rings. The molecule has 0 unspecified atom stereocenters. The molecule has 1 aromatic carbocycles. The number of hydrogen-bond acceptors (Lipinski definition) is 4. The van der Waals surface area contributed by atoms with E-state index in [9.17, 15) is 22.4 Å². The number of halogens is 4. The smallest absolute Gasteiger partial charge is 0.313 e. The van der Waals surface area contributed by atoms with Crippen LogP contribution in [0.25, 0.3) is 22.4 Å². The third-order valence-corrected chi connectivity index (χ3v) is 6.39. The molecule has 6 nitrogen and oxygen atoms in total. The van der Waals surface area contributed by atoms with Gasteiger partial charge in [0.1, 0.15) is 17.2 Å². The standard InChI is InChI=1S/C21H20F4N4O2/c1-29-19(26-15(30)9-12-10-20(22,23)21(12,24)25)16(11-5-4-6-11)18(27-29)17-13-7-2-3-8-14(13)31-28-17/h2-3,7-8,11-12H,4-6,9-10H2,1H3,(H,26,30)/t12-/m1/s1. The zero-order chi connectivity index (χ0) is 22.0. The van der Waals surface area contributed by atoms with Crippen LogP contribution in [0.5, 0.6) is 0 Å². The van der Waals surface area contributed by atoms with E-state index < -0.39 is 36.5 Å². The summed E-state index contributed by atoms with van der Waals surface area (Å²) in [5, 5.41) is 12.1. The molecule has 1 amide bonds. The number of fused-ring (bicyclic) bond motifs is 1. The van der Waals surface area contributed by atoms with Crippen LogP contribution >= 0.6 is 0 Å². The van der Waals surface area contributed by atoms with Crippen LogP contribution in [0.2, 0.25) is 0 Å². The Kier molecular flexibility index (Phi) is 4.39. The molecular formula is C21H20F4N4O2. The zero-order valence-electron chi connectivity index (χ0n) is 16.7. The van der Waals surface area contributed by atoms with Gasteiger partial charge in [-0.25, -0.2) is 0 Å². The fourth-order valence-electron chi connectivity index (χ4n) is 4.35. The number of aromatic nitrogens is 3. The summed E-state index contributed by atoms with van der Waals surface area (Å²) >= 11 is 0. The minimum absolute atomic E-state index is 0.129. The predicted octanol–water partition coefficient (Wildman–Crippen LogP) is 5.11. The molecule has 5 rings (SSSR count). The number of nitrogens with zero attached hydrogens (tertiary/aromatic N) is 3. The van der Waals surface area contributed by atoms with Gasteiger partial charge in [0.2, 0.25) is 5.91 Å². The van der Waals surface area contributed by atoms with E-state index in [1.54, 1.807) is 13.1 Å². The number of hydrogen-bond donors (Lipinski definition) is 1. The highest BCUT2D eigenvalue weighted by Crippen LogP contribution is 2.56. The number of anilines is 1.